The standard InChI is InChI=1S/C19H26N2/c1-15(16-8-4-2-3-5-9-16)21-14-18-13-20-12-17-10-6-7-11-19(17)18/h6-7,10-13,15-16,21H,2-5,8-9,14H2,1H3/t15-/m1/s1. The van der Waals surface area contributed by atoms with Crippen molar-refractivity contribution in [2.45, 2.75) is 58.0 Å². The van der Waals surface area contributed by atoms with E-state index >= 15 is 0 Å². The van der Waals surface area contributed by atoms with Crippen LogP contribution in [0.15, 0.2) is 36.7 Å². The van der Waals surface area contributed by atoms with Gasteiger partial charge in [-0.25, -0.2) is 0 Å². The van der Waals surface area contributed by atoms with Crippen LogP contribution in [0.25, 0.3) is 10.8 Å². The molecule has 2 aromatic rings. The highest BCUT2D eigenvalue weighted by Gasteiger charge is 2.18. The summed E-state index contributed by atoms with van der Waals surface area (Å²) >= 11 is 0. The van der Waals surface area contributed by atoms with Gasteiger partial charge in [-0.05, 0) is 36.6 Å². The van der Waals surface area contributed by atoms with E-state index in [4.69, 9.17) is 0 Å². The number of hydrogen-bond acceptors (Lipinski definition) is 2. The van der Waals surface area contributed by atoms with Crippen LogP contribution in [0.3, 0.4) is 0 Å². The number of nitrogens with one attached hydrogen (secondary N) is 1. The number of benzene rings is 1. The highest BCUT2D eigenvalue weighted by Crippen LogP contribution is 2.26. The molecule has 2 nitrogen and oxygen atoms in total. The fraction of sp³-hybridized carbons (Fsp3) is 0.526. The number of rotatable bonds is 4. The number of aromatic nitrogens is 1. The summed E-state index contributed by atoms with van der Waals surface area (Å²) in [7, 11) is 0. The molecular formula is C19H26N2. The van der Waals surface area contributed by atoms with Gasteiger partial charge in [-0.2, -0.15) is 0 Å². The maximum Gasteiger partial charge on any atom is 0.0346 e. The van der Waals surface area contributed by atoms with Crippen LogP contribution in [0.4, 0.5) is 0 Å². The van der Waals surface area contributed by atoms with Crippen LogP contribution in [0.5, 0.6) is 0 Å². The van der Waals surface area contributed by atoms with E-state index in [0.717, 1.165) is 12.5 Å². The summed E-state index contributed by atoms with van der Waals surface area (Å²) in [5.41, 5.74) is 1.31. The van der Waals surface area contributed by atoms with Crippen molar-refractivity contribution in [3.63, 3.8) is 0 Å². The van der Waals surface area contributed by atoms with Crippen molar-refractivity contribution < 1.29 is 0 Å². The third-order valence-electron chi connectivity index (χ3n) is 4.97. The van der Waals surface area contributed by atoms with Crippen molar-refractivity contribution in [1.82, 2.24) is 10.3 Å². The SMILES string of the molecule is C[C@@H](NCc1cncc2ccccc12)C1CCCCCC1. The molecule has 1 saturated carbocycles. The Hall–Kier alpha value is -1.41. The van der Waals surface area contributed by atoms with Crippen molar-refractivity contribution in [2.75, 3.05) is 0 Å². The van der Waals surface area contributed by atoms with Gasteiger partial charge >= 0.3 is 0 Å². The average Bonchev–Trinajstić information content (AvgIpc) is 2.82. The lowest BCUT2D eigenvalue weighted by atomic mass is 9.93. The molecule has 0 unspecified atom stereocenters. The second-order valence-electron chi connectivity index (χ2n) is 6.44. The van der Waals surface area contributed by atoms with Crippen LogP contribution in [0, 0.1) is 5.92 Å². The first-order valence-electron chi connectivity index (χ1n) is 8.39. The Morgan fingerprint density at radius 2 is 1.86 bits per heavy atom. The van der Waals surface area contributed by atoms with Crippen molar-refractivity contribution in [3.8, 4) is 0 Å². The second kappa shape index (κ2) is 7.04. The van der Waals surface area contributed by atoms with Crippen LogP contribution < -0.4 is 5.32 Å². The van der Waals surface area contributed by atoms with E-state index in [-0.39, 0.29) is 0 Å². The summed E-state index contributed by atoms with van der Waals surface area (Å²) in [4.78, 5) is 4.38. The molecule has 0 aliphatic heterocycles. The number of pyridine rings is 1. The molecule has 0 spiro atoms. The third-order valence-corrected chi connectivity index (χ3v) is 4.97. The molecule has 112 valence electrons. The van der Waals surface area contributed by atoms with E-state index in [1.165, 1.54) is 54.9 Å². The Balaban J connectivity index is 1.65. The lowest BCUT2D eigenvalue weighted by Crippen LogP contribution is -2.33. The first-order chi connectivity index (χ1) is 10.3. The first kappa shape index (κ1) is 14.5. The predicted molar refractivity (Wildman–Crippen MR) is 89.2 cm³/mol. The van der Waals surface area contributed by atoms with Gasteiger partial charge in [0.15, 0.2) is 0 Å². The Morgan fingerprint density at radius 3 is 2.67 bits per heavy atom. The monoisotopic (exact) mass is 282 g/mol. The van der Waals surface area contributed by atoms with E-state index in [2.05, 4.69) is 41.5 Å². The van der Waals surface area contributed by atoms with E-state index in [1.54, 1.807) is 0 Å². The van der Waals surface area contributed by atoms with Crippen LogP contribution in [0.1, 0.15) is 51.0 Å². The Bertz CT molecular complexity index is 565. The summed E-state index contributed by atoms with van der Waals surface area (Å²) in [5, 5.41) is 6.31. The molecule has 0 radical (unpaired) electrons. The van der Waals surface area contributed by atoms with Crippen molar-refractivity contribution in [1.29, 1.82) is 0 Å². The largest absolute Gasteiger partial charge is 0.310 e. The zero-order valence-corrected chi connectivity index (χ0v) is 13.0. The molecule has 1 aromatic carbocycles. The summed E-state index contributed by atoms with van der Waals surface area (Å²) in [5.74, 6) is 0.843. The van der Waals surface area contributed by atoms with E-state index < -0.39 is 0 Å². The number of nitrogens with zero attached hydrogens (tertiary/aromatic N) is 1. The molecule has 1 atom stereocenters. The fourth-order valence-electron chi connectivity index (χ4n) is 3.57. The zero-order chi connectivity index (χ0) is 14.5. The Kier molecular flexibility index (Phi) is 4.87. The molecule has 3 rings (SSSR count). The molecule has 1 aliphatic carbocycles. The highest BCUT2D eigenvalue weighted by atomic mass is 14.9. The minimum absolute atomic E-state index is 0.599. The molecule has 0 saturated heterocycles. The molecule has 1 heterocycles. The van der Waals surface area contributed by atoms with Crippen LogP contribution >= 0.6 is 0 Å². The molecule has 1 N–H and O–H groups in total. The highest BCUT2D eigenvalue weighted by molar-refractivity contribution is 5.84. The van der Waals surface area contributed by atoms with Gasteiger partial charge in [-0.1, -0.05) is 49.9 Å². The smallest absolute Gasteiger partial charge is 0.0346 e. The van der Waals surface area contributed by atoms with Crippen molar-refractivity contribution in [2.24, 2.45) is 5.92 Å². The lowest BCUT2D eigenvalue weighted by molar-refractivity contribution is 0.337. The molecule has 21 heavy (non-hydrogen) atoms. The van der Waals surface area contributed by atoms with Crippen LogP contribution in [0.2, 0.25) is 0 Å². The number of fused-ring (bicyclic) bond motifs is 1. The van der Waals surface area contributed by atoms with Gasteiger partial charge in [-0.3, -0.25) is 4.98 Å². The fourth-order valence-corrected chi connectivity index (χ4v) is 3.57. The minimum atomic E-state index is 0.599. The normalized spacial score (nSPS) is 18.5. The molecule has 1 fully saturated rings. The summed E-state index contributed by atoms with van der Waals surface area (Å²) in [6.07, 6.45) is 12.4. The number of hydrogen-bond donors (Lipinski definition) is 1. The predicted octanol–water partition coefficient (Wildman–Crippen LogP) is 4.68. The molecule has 2 heteroatoms. The maximum atomic E-state index is 4.38. The molecule has 0 bridgehead atoms. The third kappa shape index (κ3) is 3.62. The van der Waals surface area contributed by atoms with E-state index in [1.807, 2.05) is 12.4 Å². The molecular weight excluding hydrogens is 256 g/mol. The topological polar surface area (TPSA) is 24.9 Å². The van der Waals surface area contributed by atoms with Crippen LogP contribution in [-0.2, 0) is 6.54 Å². The Labute approximate surface area is 128 Å². The molecule has 1 aromatic heterocycles. The summed E-state index contributed by atoms with van der Waals surface area (Å²) in [6.45, 7) is 3.28. The van der Waals surface area contributed by atoms with E-state index in [0.29, 0.717) is 6.04 Å². The Morgan fingerprint density at radius 1 is 1.10 bits per heavy atom. The van der Waals surface area contributed by atoms with Gasteiger partial charge in [-0.15, -0.1) is 0 Å². The van der Waals surface area contributed by atoms with E-state index in [9.17, 15) is 0 Å². The maximum absolute atomic E-state index is 4.38. The molecule has 0 amide bonds. The van der Waals surface area contributed by atoms with Gasteiger partial charge < -0.3 is 5.32 Å². The van der Waals surface area contributed by atoms with Gasteiger partial charge in [0.2, 0.25) is 0 Å². The average molecular weight is 282 g/mol. The minimum Gasteiger partial charge on any atom is -0.310 e. The van der Waals surface area contributed by atoms with Gasteiger partial charge in [0.25, 0.3) is 0 Å². The van der Waals surface area contributed by atoms with Gasteiger partial charge in [0.1, 0.15) is 0 Å². The lowest BCUT2D eigenvalue weighted by Gasteiger charge is -2.24. The quantitative estimate of drug-likeness (QED) is 0.823. The van der Waals surface area contributed by atoms with Gasteiger partial charge in [0.05, 0.1) is 0 Å². The second-order valence-corrected chi connectivity index (χ2v) is 6.44. The summed E-state index contributed by atoms with van der Waals surface area (Å²) in [6, 6.07) is 9.13. The first-order valence-corrected chi connectivity index (χ1v) is 8.39. The van der Waals surface area contributed by atoms with Gasteiger partial charge in [0, 0.05) is 30.4 Å². The summed E-state index contributed by atoms with van der Waals surface area (Å²) < 4.78 is 0. The van der Waals surface area contributed by atoms with Crippen LogP contribution in [-0.4, -0.2) is 11.0 Å². The zero-order valence-electron chi connectivity index (χ0n) is 13.0. The van der Waals surface area contributed by atoms with Crippen molar-refractivity contribution in [3.05, 3.63) is 42.2 Å². The van der Waals surface area contributed by atoms with Crippen molar-refractivity contribution >= 4 is 10.8 Å². The molecule has 1 aliphatic rings.